The van der Waals surface area contributed by atoms with Crippen LogP contribution in [-0.4, -0.2) is 0 Å². The lowest BCUT2D eigenvalue weighted by Crippen LogP contribution is -1.97. The molecule has 0 amide bonds. The zero-order valence-corrected chi connectivity index (χ0v) is 60.9. The highest BCUT2D eigenvalue weighted by molar-refractivity contribution is 6.31. The summed E-state index contributed by atoms with van der Waals surface area (Å²) in [5, 5.41) is 8.88. The Labute approximate surface area is 589 Å². The van der Waals surface area contributed by atoms with E-state index in [4.69, 9.17) is 28.9 Å². The number of benzene rings is 12. The van der Waals surface area contributed by atoms with E-state index in [1.807, 2.05) is 36.4 Å². The van der Waals surface area contributed by atoms with Crippen molar-refractivity contribution in [3.8, 4) is 77.9 Å². The number of rotatable bonds is 17. The van der Waals surface area contributed by atoms with Crippen molar-refractivity contribution in [3.63, 3.8) is 0 Å². The third-order valence-electron chi connectivity index (χ3n) is 18.8. The lowest BCUT2D eigenvalue weighted by molar-refractivity contribution is 0.922. The zero-order chi connectivity index (χ0) is 69.0. The van der Waals surface area contributed by atoms with Crippen molar-refractivity contribution >= 4 is 51.6 Å². The Morgan fingerprint density at radius 1 is 0.237 bits per heavy atom. The van der Waals surface area contributed by atoms with Crippen LogP contribution in [0.4, 0.5) is 28.4 Å². The van der Waals surface area contributed by atoms with E-state index in [0.717, 1.165) is 57.7 Å². The molecule has 3 nitrogen and oxygen atoms in total. The average molecular weight is 1310 g/mol. The molecule has 0 aliphatic carbocycles. The maximum atomic E-state index is 6.10. The topological polar surface area (TPSA) is 50.1 Å². The normalized spacial score (nSPS) is 11.0. The monoisotopic (exact) mass is 1310 g/mol. The first-order valence-electron chi connectivity index (χ1n) is 34.5. The van der Waals surface area contributed by atoms with Gasteiger partial charge >= 0.3 is 0 Å². The van der Waals surface area contributed by atoms with E-state index < -0.39 is 0 Å². The summed E-state index contributed by atoms with van der Waals surface area (Å²) in [5.41, 5.74) is 46.7. The second kappa shape index (κ2) is 32.1. The number of hydrogen-bond donors (Lipinski definition) is 3. The average Bonchev–Trinajstić information content (AvgIpc) is 0.798. The molecule has 0 fully saturated rings. The van der Waals surface area contributed by atoms with Gasteiger partial charge in [-0.2, -0.15) is 0 Å². The molecule has 0 radical (unpaired) electrons. The molecule has 0 aromatic heterocycles. The summed E-state index contributed by atoms with van der Waals surface area (Å²) < 4.78 is 0. The number of hydrogen-bond acceptors (Lipinski definition) is 3. The minimum atomic E-state index is 0.777. The fraction of sp³-hybridized carbons (Fsp3) is 0.217. The number of nitrogens with one attached hydrogen (secondary N) is 2. The smallest absolute Gasteiger partial charge is 0.0409 e. The van der Waals surface area contributed by atoms with Crippen molar-refractivity contribution in [1.82, 2.24) is 0 Å². The van der Waals surface area contributed by atoms with Gasteiger partial charge in [-0.25, -0.2) is 0 Å². The van der Waals surface area contributed by atoms with E-state index in [1.54, 1.807) is 0 Å². The minimum Gasteiger partial charge on any atom is -0.399 e. The van der Waals surface area contributed by atoms with Crippen LogP contribution in [0.25, 0.3) is 77.9 Å². The zero-order valence-electron chi connectivity index (χ0n) is 59.4. The molecule has 5 heteroatoms. The predicted molar refractivity (Wildman–Crippen MR) is 425 cm³/mol. The summed E-state index contributed by atoms with van der Waals surface area (Å²) in [5.74, 6) is 0. The van der Waals surface area contributed by atoms with Crippen LogP contribution in [-0.2, 0) is 19.3 Å². The number of anilines is 5. The summed E-state index contributed by atoms with van der Waals surface area (Å²) in [6, 6.07) is 81.2. The standard InChI is InChI=1S/C54H56N2.C22H20Cl2.C16H19N/c1-9-11-41-13-17-43(18-14-41)49-25-21-45(29-35(49)3)55-47-23-27-51(37(5)31-47)53-33-40(8)54(34-39(53)7)52-28-24-48(32-38(52)6)56-46-22-26-50(36(4)30-46)44-19-15-42(12-10-2)16-20-44;1-13-9-17(23)5-7-19(13)21-11-16(4)22(12-15(21)3)20-8-6-18(24)10-14(20)2;1-3-4-13-5-7-14(8-6-13)16-10-9-15(17)11-12(16)2/h13-34,55-56H,9-12H2,1-8H3;5-12H,1-4H3;5-11H,3-4,17H2,1-2H3. The molecule has 12 aromatic rings. The van der Waals surface area contributed by atoms with Gasteiger partial charge in [-0.15, -0.1) is 0 Å². The molecule has 0 aliphatic heterocycles. The highest BCUT2D eigenvalue weighted by Gasteiger charge is 2.16. The maximum absolute atomic E-state index is 6.10. The fourth-order valence-electron chi connectivity index (χ4n) is 13.6. The summed E-state index contributed by atoms with van der Waals surface area (Å²) in [4.78, 5) is 0. The Morgan fingerprint density at radius 2 is 0.464 bits per heavy atom. The predicted octanol–water partition coefficient (Wildman–Crippen LogP) is 27.4. The molecule has 0 unspecified atom stereocenters. The SMILES string of the molecule is CCCc1ccc(-c2ccc(N)cc2C)cc1.CCCc1ccc(-c2ccc(Nc3ccc(-c4cc(C)c(-c5ccc(Nc6ccc(-c7ccc(CCC)cc7)c(C)c6)cc5C)cc4C)c(C)c3)cc2C)cc1.Cc1cc(Cl)ccc1-c1cc(C)c(-c2ccc(Cl)cc2C)cc1C. The Hall–Kier alpha value is -9.38. The van der Waals surface area contributed by atoms with Crippen molar-refractivity contribution in [2.45, 2.75) is 135 Å². The maximum Gasteiger partial charge on any atom is 0.0409 e. The van der Waals surface area contributed by atoms with Crippen LogP contribution in [0.15, 0.2) is 224 Å². The van der Waals surface area contributed by atoms with E-state index in [2.05, 4.69) is 296 Å². The third-order valence-corrected chi connectivity index (χ3v) is 19.3. The van der Waals surface area contributed by atoms with Gasteiger partial charge in [-0.1, -0.05) is 203 Å². The van der Waals surface area contributed by atoms with Crippen molar-refractivity contribution in [1.29, 1.82) is 0 Å². The number of aryl methyl sites for hydroxylation is 14. The van der Waals surface area contributed by atoms with E-state index in [-0.39, 0.29) is 0 Å². The van der Waals surface area contributed by atoms with E-state index in [0.29, 0.717) is 0 Å². The lowest BCUT2D eigenvalue weighted by atomic mass is 9.89. The van der Waals surface area contributed by atoms with Gasteiger partial charge in [0.1, 0.15) is 0 Å². The second-order valence-electron chi connectivity index (χ2n) is 26.7. The van der Waals surface area contributed by atoms with Gasteiger partial charge in [0.15, 0.2) is 0 Å². The summed E-state index contributed by atoms with van der Waals surface area (Å²) in [7, 11) is 0. The molecule has 0 spiro atoms. The fourth-order valence-corrected chi connectivity index (χ4v) is 14.1. The Morgan fingerprint density at radius 3 is 0.711 bits per heavy atom. The molecule has 492 valence electrons. The molecular formula is C92H95Cl2N3. The van der Waals surface area contributed by atoms with Crippen molar-refractivity contribution < 1.29 is 0 Å². The number of nitrogens with two attached hydrogens (primary N) is 1. The molecule has 97 heavy (non-hydrogen) atoms. The van der Waals surface area contributed by atoms with Gasteiger partial charge in [0, 0.05) is 38.5 Å². The Bertz CT molecular complexity index is 4490. The molecule has 4 N–H and O–H groups in total. The molecule has 0 atom stereocenters. The quantitative estimate of drug-likeness (QED) is 0.0797. The third kappa shape index (κ3) is 17.4. The van der Waals surface area contributed by atoms with Crippen molar-refractivity contribution in [2.24, 2.45) is 0 Å². The van der Waals surface area contributed by atoms with E-state index >= 15 is 0 Å². The Kier molecular flexibility index (Phi) is 23.3. The van der Waals surface area contributed by atoms with Gasteiger partial charge < -0.3 is 16.4 Å². The first kappa shape index (κ1) is 70.4. The number of nitrogen functional groups attached to an aromatic ring is 1. The molecule has 0 aliphatic rings. The van der Waals surface area contributed by atoms with Crippen molar-refractivity contribution in [3.05, 3.63) is 312 Å². The van der Waals surface area contributed by atoms with Gasteiger partial charge in [0.05, 0.1) is 0 Å². The molecule has 0 saturated heterocycles. The molecule has 12 aromatic carbocycles. The minimum absolute atomic E-state index is 0.777. The summed E-state index contributed by atoms with van der Waals surface area (Å²) >= 11 is 12.2. The number of halogens is 2. The summed E-state index contributed by atoms with van der Waals surface area (Å²) in [6.07, 6.45) is 6.95. The largest absolute Gasteiger partial charge is 0.399 e. The van der Waals surface area contributed by atoms with E-state index in [1.165, 1.54) is 175 Å². The van der Waals surface area contributed by atoms with Crippen LogP contribution in [0.5, 0.6) is 0 Å². The van der Waals surface area contributed by atoms with Crippen LogP contribution >= 0.6 is 23.2 Å². The van der Waals surface area contributed by atoms with Crippen LogP contribution in [0.2, 0.25) is 10.0 Å². The van der Waals surface area contributed by atoms with Crippen LogP contribution in [0, 0.1) is 76.2 Å². The molecule has 0 saturated carbocycles. The lowest BCUT2D eigenvalue weighted by Gasteiger charge is -2.18. The molecular weight excluding hydrogens is 1220 g/mol. The summed E-state index contributed by atoms with van der Waals surface area (Å²) in [6.45, 7) is 30.6. The first-order valence-corrected chi connectivity index (χ1v) is 35.3. The van der Waals surface area contributed by atoms with Crippen molar-refractivity contribution in [2.75, 3.05) is 16.4 Å². The van der Waals surface area contributed by atoms with E-state index in [9.17, 15) is 0 Å². The van der Waals surface area contributed by atoms with Crippen LogP contribution in [0.3, 0.4) is 0 Å². The van der Waals surface area contributed by atoms with Crippen LogP contribution in [0.1, 0.15) is 118 Å². The van der Waals surface area contributed by atoms with Gasteiger partial charge in [-0.3, -0.25) is 0 Å². The second-order valence-corrected chi connectivity index (χ2v) is 27.5. The van der Waals surface area contributed by atoms with Gasteiger partial charge in [-0.05, 0) is 336 Å². The molecule has 12 rings (SSSR count). The van der Waals surface area contributed by atoms with Gasteiger partial charge in [0.25, 0.3) is 0 Å². The van der Waals surface area contributed by atoms with Crippen LogP contribution < -0.4 is 16.4 Å². The molecule has 0 bridgehead atoms. The first-order chi connectivity index (χ1) is 46.7. The molecule has 0 heterocycles. The highest BCUT2D eigenvalue weighted by Crippen LogP contribution is 2.40. The van der Waals surface area contributed by atoms with Gasteiger partial charge in [0.2, 0.25) is 0 Å². The highest BCUT2D eigenvalue weighted by atomic mass is 35.5. The Balaban J connectivity index is 0.000000202.